The summed E-state index contributed by atoms with van der Waals surface area (Å²) in [5, 5.41) is 3.78. The Kier molecular flexibility index (Phi) is 7.51. The number of hydrogen-bond donors (Lipinski definition) is 2. The number of carbonyl (C=O) groups excluding carboxylic acids is 2. The van der Waals surface area contributed by atoms with Gasteiger partial charge in [0.2, 0.25) is 5.91 Å². The number of rotatable bonds is 10. The average molecular weight is 343 g/mol. The van der Waals surface area contributed by atoms with Crippen molar-refractivity contribution in [2.75, 3.05) is 20.1 Å². The van der Waals surface area contributed by atoms with Gasteiger partial charge in [-0.1, -0.05) is 57.2 Å². The summed E-state index contributed by atoms with van der Waals surface area (Å²) >= 11 is 0. The summed E-state index contributed by atoms with van der Waals surface area (Å²) in [5.74, 6) is -0.253. The molecule has 5 nitrogen and oxygen atoms in total. The minimum absolute atomic E-state index is 0.0776. The topological polar surface area (TPSA) is 65.2 Å². The highest BCUT2D eigenvalue weighted by atomic mass is 16.2. The number of nitrogens with one attached hydrogen (secondary N) is 2. The summed E-state index contributed by atoms with van der Waals surface area (Å²) in [6.45, 7) is 2.96. The van der Waals surface area contributed by atoms with Crippen LogP contribution in [-0.2, 0) is 4.79 Å². The van der Waals surface area contributed by atoms with E-state index in [0.29, 0.717) is 12.1 Å². The van der Waals surface area contributed by atoms with E-state index in [0.717, 1.165) is 23.7 Å². The number of benzene rings is 1. The highest BCUT2D eigenvalue weighted by Crippen LogP contribution is 2.18. The first kappa shape index (κ1) is 19.0. The molecule has 0 aliphatic rings. The number of aromatic nitrogens is 1. The zero-order valence-electron chi connectivity index (χ0n) is 15.3. The van der Waals surface area contributed by atoms with E-state index in [1.165, 1.54) is 30.6 Å². The fourth-order valence-electron chi connectivity index (χ4n) is 2.93. The fourth-order valence-corrected chi connectivity index (χ4v) is 2.93. The van der Waals surface area contributed by atoms with E-state index in [4.69, 9.17) is 0 Å². The maximum Gasteiger partial charge on any atom is 0.256 e. The lowest BCUT2D eigenvalue weighted by Crippen LogP contribution is -2.38. The molecule has 0 atom stereocenters. The Morgan fingerprint density at radius 3 is 2.60 bits per heavy atom. The van der Waals surface area contributed by atoms with Gasteiger partial charge in [0.05, 0.1) is 12.1 Å². The van der Waals surface area contributed by atoms with Crippen LogP contribution in [0.1, 0.15) is 55.8 Å². The number of nitrogens with zero attached hydrogens (tertiary/aromatic N) is 1. The van der Waals surface area contributed by atoms with Gasteiger partial charge in [0, 0.05) is 30.7 Å². The van der Waals surface area contributed by atoms with Gasteiger partial charge in [-0.25, -0.2) is 0 Å². The van der Waals surface area contributed by atoms with Crippen LogP contribution < -0.4 is 5.32 Å². The van der Waals surface area contributed by atoms with E-state index in [1.54, 1.807) is 13.2 Å². The van der Waals surface area contributed by atoms with Gasteiger partial charge in [0.25, 0.3) is 5.91 Å². The lowest BCUT2D eigenvalue weighted by molar-refractivity contribution is -0.121. The van der Waals surface area contributed by atoms with E-state index in [2.05, 4.69) is 17.2 Å². The predicted octanol–water partition coefficient (Wildman–Crippen LogP) is 3.72. The smallest absolute Gasteiger partial charge is 0.256 e. The first-order valence-corrected chi connectivity index (χ1v) is 9.21. The molecule has 0 saturated carbocycles. The van der Waals surface area contributed by atoms with E-state index >= 15 is 0 Å². The lowest BCUT2D eigenvalue weighted by atomic mass is 10.1. The number of aromatic amines is 1. The number of para-hydroxylation sites is 1. The molecular formula is C20H29N3O2. The molecule has 0 radical (unpaired) electrons. The molecule has 0 spiro atoms. The number of amides is 2. The summed E-state index contributed by atoms with van der Waals surface area (Å²) in [5.41, 5.74) is 1.52. The summed E-state index contributed by atoms with van der Waals surface area (Å²) < 4.78 is 0. The van der Waals surface area contributed by atoms with E-state index in [9.17, 15) is 9.59 Å². The van der Waals surface area contributed by atoms with Gasteiger partial charge < -0.3 is 15.2 Å². The van der Waals surface area contributed by atoms with Crippen molar-refractivity contribution in [3.8, 4) is 0 Å². The summed E-state index contributed by atoms with van der Waals surface area (Å²) in [6.07, 6.45) is 8.87. The third-order valence-electron chi connectivity index (χ3n) is 4.40. The molecule has 1 aromatic heterocycles. The highest BCUT2D eigenvalue weighted by Gasteiger charge is 2.18. The van der Waals surface area contributed by atoms with Gasteiger partial charge in [-0.15, -0.1) is 0 Å². The zero-order chi connectivity index (χ0) is 18.1. The lowest BCUT2D eigenvalue weighted by Gasteiger charge is -2.16. The maximum absolute atomic E-state index is 12.6. The number of H-pyrrole nitrogens is 1. The van der Waals surface area contributed by atoms with Crippen molar-refractivity contribution < 1.29 is 9.59 Å². The predicted molar refractivity (Wildman–Crippen MR) is 102 cm³/mol. The largest absolute Gasteiger partial charge is 0.360 e. The first-order chi connectivity index (χ1) is 12.1. The van der Waals surface area contributed by atoms with Gasteiger partial charge in [0.1, 0.15) is 0 Å². The molecule has 1 heterocycles. The highest BCUT2D eigenvalue weighted by molar-refractivity contribution is 6.07. The van der Waals surface area contributed by atoms with Crippen molar-refractivity contribution in [1.82, 2.24) is 15.2 Å². The van der Waals surface area contributed by atoms with Gasteiger partial charge >= 0.3 is 0 Å². The van der Waals surface area contributed by atoms with E-state index < -0.39 is 0 Å². The zero-order valence-corrected chi connectivity index (χ0v) is 15.3. The minimum atomic E-state index is -0.146. The third kappa shape index (κ3) is 5.62. The van der Waals surface area contributed by atoms with Gasteiger partial charge in [-0.3, -0.25) is 9.59 Å². The monoisotopic (exact) mass is 343 g/mol. The molecule has 1 aromatic carbocycles. The van der Waals surface area contributed by atoms with Crippen molar-refractivity contribution in [3.05, 3.63) is 36.0 Å². The van der Waals surface area contributed by atoms with E-state index in [-0.39, 0.29) is 18.4 Å². The standard InChI is InChI=1S/C20H29N3O2/c1-3-4-5-6-7-10-13-21-19(24)15-23(2)20(25)17-14-22-18-12-9-8-11-16(17)18/h8-9,11-12,14,22H,3-7,10,13,15H2,1-2H3,(H,21,24). The van der Waals surface area contributed by atoms with Crippen LogP contribution in [0.2, 0.25) is 0 Å². The molecule has 2 rings (SSSR count). The number of hydrogen-bond acceptors (Lipinski definition) is 2. The Labute approximate surface area is 149 Å². The molecule has 5 heteroatoms. The Bertz CT molecular complexity index is 693. The quantitative estimate of drug-likeness (QED) is 0.646. The second-order valence-electron chi connectivity index (χ2n) is 6.53. The Morgan fingerprint density at radius 1 is 1.08 bits per heavy atom. The Hall–Kier alpha value is -2.30. The molecule has 0 fully saturated rings. The van der Waals surface area contributed by atoms with Crippen LogP contribution in [0.15, 0.2) is 30.5 Å². The van der Waals surface area contributed by atoms with Crippen molar-refractivity contribution in [1.29, 1.82) is 0 Å². The summed E-state index contributed by atoms with van der Waals surface area (Å²) in [4.78, 5) is 29.1. The molecule has 25 heavy (non-hydrogen) atoms. The van der Waals surface area contributed by atoms with Crippen LogP contribution in [0, 0.1) is 0 Å². The SMILES string of the molecule is CCCCCCCCNC(=O)CN(C)C(=O)c1c[nH]c2ccccc12. The van der Waals surface area contributed by atoms with Crippen LogP contribution in [0.25, 0.3) is 10.9 Å². The number of carbonyl (C=O) groups is 2. The van der Waals surface area contributed by atoms with Gasteiger partial charge in [-0.05, 0) is 12.5 Å². The number of unbranched alkanes of at least 4 members (excludes halogenated alkanes) is 5. The van der Waals surface area contributed by atoms with Crippen molar-refractivity contribution in [3.63, 3.8) is 0 Å². The molecule has 2 amide bonds. The minimum Gasteiger partial charge on any atom is -0.360 e. The normalized spacial score (nSPS) is 10.8. The van der Waals surface area contributed by atoms with Gasteiger partial charge in [0.15, 0.2) is 0 Å². The second kappa shape index (κ2) is 9.87. The molecule has 0 unspecified atom stereocenters. The number of likely N-dealkylation sites (N-methyl/N-ethyl adjacent to an activating group) is 1. The maximum atomic E-state index is 12.6. The molecule has 0 bridgehead atoms. The Balaban J connectivity index is 1.74. The van der Waals surface area contributed by atoms with Crippen molar-refractivity contribution in [2.24, 2.45) is 0 Å². The summed E-state index contributed by atoms with van der Waals surface area (Å²) in [7, 11) is 1.66. The van der Waals surface area contributed by atoms with Crippen molar-refractivity contribution >= 4 is 22.7 Å². The van der Waals surface area contributed by atoms with Crippen LogP contribution >= 0.6 is 0 Å². The van der Waals surface area contributed by atoms with Crippen LogP contribution in [0.3, 0.4) is 0 Å². The molecule has 0 saturated heterocycles. The van der Waals surface area contributed by atoms with Crippen LogP contribution in [0.5, 0.6) is 0 Å². The first-order valence-electron chi connectivity index (χ1n) is 9.21. The second-order valence-corrected chi connectivity index (χ2v) is 6.53. The molecular weight excluding hydrogens is 314 g/mol. The molecule has 2 N–H and O–H groups in total. The third-order valence-corrected chi connectivity index (χ3v) is 4.40. The van der Waals surface area contributed by atoms with Crippen LogP contribution in [-0.4, -0.2) is 41.8 Å². The number of fused-ring (bicyclic) bond motifs is 1. The molecule has 0 aliphatic carbocycles. The molecule has 0 aliphatic heterocycles. The van der Waals surface area contributed by atoms with Crippen LogP contribution in [0.4, 0.5) is 0 Å². The van der Waals surface area contributed by atoms with Crippen molar-refractivity contribution in [2.45, 2.75) is 45.4 Å². The van der Waals surface area contributed by atoms with E-state index in [1.807, 2.05) is 24.3 Å². The molecule has 2 aromatic rings. The molecule has 136 valence electrons. The summed E-state index contributed by atoms with van der Waals surface area (Å²) in [6, 6.07) is 7.66. The van der Waals surface area contributed by atoms with Gasteiger partial charge in [-0.2, -0.15) is 0 Å². The average Bonchev–Trinajstić information content (AvgIpc) is 3.04. The Morgan fingerprint density at radius 2 is 1.80 bits per heavy atom. The fraction of sp³-hybridized carbons (Fsp3) is 0.500.